The SMILES string of the molecule is COc1cccc(NC(=O)Cc2n[nH]c(Cc3ccc(F)cc3)n2)c1. The standard InChI is InChI=1S/C18H17FN4O2/c1-25-15-4-2-3-14(10-15)20-18(24)11-17-21-16(22-23-17)9-12-5-7-13(19)8-6-12/h2-8,10H,9,11H2,1H3,(H,20,24)(H,21,22,23). The molecule has 0 spiro atoms. The summed E-state index contributed by atoms with van der Waals surface area (Å²) < 4.78 is 18.0. The fourth-order valence-corrected chi connectivity index (χ4v) is 2.34. The Bertz CT molecular complexity index is 862. The number of carbonyl (C=O) groups is 1. The number of amides is 1. The number of methoxy groups -OCH3 is 1. The molecule has 0 aliphatic rings. The van der Waals surface area contributed by atoms with E-state index in [1.54, 1.807) is 43.5 Å². The second kappa shape index (κ2) is 7.57. The van der Waals surface area contributed by atoms with Crippen molar-refractivity contribution < 1.29 is 13.9 Å². The number of anilines is 1. The molecule has 0 aliphatic carbocycles. The predicted octanol–water partition coefficient (Wildman–Crippen LogP) is 2.72. The molecule has 128 valence electrons. The number of benzene rings is 2. The summed E-state index contributed by atoms with van der Waals surface area (Å²) in [5.41, 5.74) is 1.55. The van der Waals surface area contributed by atoms with Crippen molar-refractivity contribution in [3.05, 3.63) is 71.6 Å². The van der Waals surface area contributed by atoms with Crippen LogP contribution < -0.4 is 10.1 Å². The number of nitrogens with one attached hydrogen (secondary N) is 2. The third-order valence-corrected chi connectivity index (χ3v) is 3.54. The van der Waals surface area contributed by atoms with Crippen LogP contribution in [0.3, 0.4) is 0 Å². The van der Waals surface area contributed by atoms with Gasteiger partial charge in [-0.15, -0.1) is 0 Å². The smallest absolute Gasteiger partial charge is 0.232 e. The van der Waals surface area contributed by atoms with Crippen molar-refractivity contribution >= 4 is 11.6 Å². The quantitative estimate of drug-likeness (QED) is 0.723. The molecule has 0 aliphatic heterocycles. The van der Waals surface area contributed by atoms with E-state index in [2.05, 4.69) is 20.5 Å². The lowest BCUT2D eigenvalue weighted by Crippen LogP contribution is -2.15. The van der Waals surface area contributed by atoms with Gasteiger partial charge in [0.25, 0.3) is 0 Å². The summed E-state index contributed by atoms with van der Waals surface area (Å²) in [6.45, 7) is 0. The minimum atomic E-state index is -0.281. The summed E-state index contributed by atoms with van der Waals surface area (Å²) in [4.78, 5) is 16.4. The van der Waals surface area contributed by atoms with Gasteiger partial charge in [0, 0.05) is 18.2 Å². The van der Waals surface area contributed by atoms with Crippen molar-refractivity contribution in [3.8, 4) is 5.75 Å². The zero-order chi connectivity index (χ0) is 17.6. The van der Waals surface area contributed by atoms with Gasteiger partial charge in [-0.3, -0.25) is 9.89 Å². The van der Waals surface area contributed by atoms with Crippen LogP contribution in [-0.4, -0.2) is 28.2 Å². The Hall–Kier alpha value is -3.22. The first-order chi connectivity index (χ1) is 12.1. The second-order valence-corrected chi connectivity index (χ2v) is 5.46. The van der Waals surface area contributed by atoms with E-state index in [-0.39, 0.29) is 18.1 Å². The van der Waals surface area contributed by atoms with E-state index in [0.717, 1.165) is 5.56 Å². The van der Waals surface area contributed by atoms with E-state index < -0.39 is 0 Å². The van der Waals surface area contributed by atoms with Crippen molar-refractivity contribution in [1.29, 1.82) is 0 Å². The van der Waals surface area contributed by atoms with Gasteiger partial charge in [0.2, 0.25) is 5.91 Å². The summed E-state index contributed by atoms with van der Waals surface area (Å²) in [5, 5.41) is 9.63. The highest BCUT2D eigenvalue weighted by molar-refractivity contribution is 5.91. The first kappa shape index (κ1) is 16.6. The summed E-state index contributed by atoms with van der Waals surface area (Å²) in [7, 11) is 1.57. The molecule has 0 radical (unpaired) electrons. The summed E-state index contributed by atoms with van der Waals surface area (Å²) >= 11 is 0. The molecule has 1 aromatic heterocycles. The van der Waals surface area contributed by atoms with Gasteiger partial charge in [0.15, 0.2) is 5.82 Å². The maximum absolute atomic E-state index is 12.9. The van der Waals surface area contributed by atoms with E-state index in [0.29, 0.717) is 29.5 Å². The van der Waals surface area contributed by atoms with E-state index in [1.165, 1.54) is 12.1 Å². The number of hydrogen-bond acceptors (Lipinski definition) is 4. The van der Waals surface area contributed by atoms with E-state index in [1.807, 2.05) is 0 Å². The van der Waals surface area contributed by atoms with Crippen LogP contribution in [0.5, 0.6) is 5.75 Å². The lowest BCUT2D eigenvalue weighted by atomic mass is 10.1. The topological polar surface area (TPSA) is 79.9 Å². The van der Waals surface area contributed by atoms with Gasteiger partial charge in [0.05, 0.1) is 13.5 Å². The first-order valence-electron chi connectivity index (χ1n) is 7.71. The molecule has 0 saturated heterocycles. The number of hydrogen-bond donors (Lipinski definition) is 2. The largest absolute Gasteiger partial charge is 0.497 e. The number of carbonyl (C=O) groups excluding carboxylic acids is 1. The average Bonchev–Trinajstić information content (AvgIpc) is 3.04. The molecule has 1 amide bonds. The molecule has 25 heavy (non-hydrogen) atoms. The maximum atomic E-state index is 12.9. The van der Waals surface area contributed by atoms with Crippen LogP contribution in [0.2, 0.25) is 0 Å². The van der Waals surface area contributed by atoms with Crippen LogP contribution in [0, 0.1) is 5.82 Å². The summed E-state index contributed by atoms with van der Waals surface area (Å²) in [5.74, 6) is 1.18. The Morgan fingerprint density at radius 2 is 2.04 bits per heavy atom. The van der Waals surface area contributed by atoms with Crippen LogP contribution in [0.15, 0.2) is 48.5 Å². The summed E-state index contributed by atoms with van der Waals surface area (Å²) in [6.07, 6.45) is 0.544. The van der Waals surface area contributed by atoms with Crippen molar-refractivity contribution in [2.75, 3.05) is 12.4 Å². The lowest BCUT2D eigenvalue weighted by Gasteiger charge is -2.05. The first-order valence-corrected chi connectivity index (χ1v) is 7.71. The molecule has 7 heteroatoms. The number of halogens is 1. The number of aromatic nitrogens is 3. The Kier molecular flexibility index (Phi) is 5.03. The van der Waals surface area contributed by atoms with Crippen LogP contribution in [0.25, 0.3) is 0 Å². The zero-order valence-electron chi connectivity index (χ0n) is 13.6. The fourth-order valence-electron chi connectivity index (χ4n) is 2.34. The fraction of sp³-hybridized carbons (Fsp3) is 0.167. The molecule has 2 N–H and O–H groups in total. The van der Waals surface area contributed by atoms with Crippen molar-refractivity contribution in [2.24, 2.45) is 0 Å². The highest BCUT2D eigenvalue weighted by Crippen LogP contribution is 2.16. The van der Waals surface area contributed by atoms with Gasteiger partial charge in [0.1, 0.15) is 17.4 Å². The van der Waals surface area contributed by atoms with Crippen LogP contribution in [0.1, 0.15) is 17.2 Å². The Labute approximate surface area is 144 Å². The van der Waals surface area contributed by atoms with Crippen molar-refractivity contribution in [2.45, 2.75) is 12.8 Å². The molecule has 0 unspecified atom stereocenters. The number of nitrogens with zero attached hydrogens (tertiary/aromatic N) is 2. The molecule has 2 aromatic carbocycles. The van der Waals surface area contributed by atoms with Crippen molar-refractivity contribution in [1.82, 2.24) is 15.2 Å². The molecule has 0 fully saturated rings. The number of H-pyrrole nitrogens is 1. The molecule has 1 heterocycles. The molecule has 3 aromatic rings. The zero-order valence-corrected chi connectivity index (χ0v) is 13.6. The maximum Gasteiger partial charge on any atom is 0.232 e. The van der Waals surface area contributed by atoms with E-state index >= 15 is 0 Å². The molecule has 0 saturated carbocycles. The number of aromatic amines is 1. The molecule has 0 atom stereocenters. The highest BCUT2D eigenvalue weighted by atomic mass is 19.1. The van der Waals surface area contributed by atoms with Gasteiger partial charge in [-0.05, 0) is 29.8 Å². The van der Waals surface area contributed by atoms with Gasteiger partial charge in [-0.25, -0.2) is 9.37 Å². The monoisotopic (exact) mass is 340 g/mol. The average molecular weight is 340 g/mol. The Balaban J connectivity index is 1.58. The van der Waals surface area contributed by atoms with Crippen LogP contribution in [0.4, 0.5) is 10.1 Å². The van der Waals surface area contributed by atoms with Gasteiger partial charge < -0.3 is 10.1 Å². The van der Waals surface area contributed by atoms with Gasteiger partial charge in [-0.2, -0.15) is 5.10 Å². The highest BCUT2D eigenvalue weighted by Gasteiger charge is 2.10. The molecular weight excluding hydrogens is 323 g/mol. The normalized spacial score (nSPS) is 10.5. The lowest BCUT2D eigenvalue weighted by molar-refractivity contribution is -0.115. The molecule has 0 bridgehead atoms. The Morgan fingerprint density at radius 1 is 1.24 bits per heavy atom. The third-order valence-electron chi connectivity index (χ3n) is 3.54. The van der Waals surface area contributed by atoms with Crippen LogP contribution >= 0.6 is 0 Å². The van der Waals surface area contributed by atoms with Gasteiger partial charge in [-0.1, -0.05) is 18.2 Å². The van der Waals surface area contributed by atoms with Crippen LogP contribution in [-0.2, 0) is 17.6 Å². The number of ether oxygens (including phenoxy) is 1. The van der Waals surface area contributed by atoms with E-state index in [9.17, 15) is 9.18 Å². The second-order valence-electron chi connectivity index (χ2n) is 5.46. The Morgan fingerprint density at radius 3 is 2.80 bits per heavy atom. The molecule has 6 nitrogen and oxygen atoms in total. The number of rotatable bonds is 6. The van der Waals surface area contributed by atoms with Crippen molar-refractivity contribution in [3.63, 3.8) is 0 Å². The van der Waals surface area contributed by atoms with E-state index in [4.69, 9.17) is 4.74 Å². The molecule has 3 rings (SSSR count). The molecular formula is C18H17FN4O2. The summed E-state index contributed by atoms with van der Waals surface area (Å²) in [6, 6.07) is 13.3. The minimum Gasteiger partial charge on any atom is -0.497 e. The predicted molar refractivity (Wildman–Crippen MR) is 90.9 cm³/mol. The third kappa shape index (κ3) is 4.63. The van der Waals surface area contributed by atoms with Gasteiger partial charge >= 0.3 is 0 Å². The minimum absolute atomic E-state index is 0.0527.